The Labute approximate surface area is 182 Å². The molecule has 1 atom stereocenters. The van der Waals surface area contributed by atoms with E-state index in [0.29, 0.717) is 12.1 Å². The van der Waals surface area contributed by atoms with Crippen molar-refractivity contribution in [1.29, 1.82) is 0 Å². The number of aryl methyl sites for hydroxylation is 1. The van der Waals surface area contributed by atoms with Crippen LogP contribution in [0.2, 0.25) is 0 Å². The highest BCUT2D eigenvalue weighted by Crippen LogP contribution is 2.33. The maximum atomic E-state index is 14.0. The number of hydrogen-bond donors (Lipinski definition) is 0. The molecule has 3 aromatic rings. The highest BCUT2D eigenvalue weighted by atomic mass is 19.1. The SMILES string of the molecule is C1CCCC1.Cc1ncc(-c2ccc(C3CCC(c4c(F)cccc4F)=N3)cc2)cn1. The van der Waals surface area contributed by atoms with Crippen LogP contribution in [-0.2, 0) is 0 Å². The number of aromatic nitrogens is 2. The fourth-order valence-corrected chi connectivity index (χ4v) is 4.12. The Balaban J connectivity index is 0.000000407. The second-order valence-electron chi connectivity index (χ2n) is 8.14. The number of benzene rings is 2. The quantitative estimate of drug-likeness (QED) is 0.458. The van der Waals surface area contributed by atoms with Crippen molar-refractivity contribution in [2.24, 2.45) is 4.99 Å². The average Bonchev–Trinajstić information content (AvgIpc) is 3.50. The van der Waals surface area contributed by atoms with Crippen LogP contribution in [0.3, 0.4) is 0 Å². The molecular weight excluding hydrogens is 392 g/mol. The van der Waals surface area contributed by atoms with E-state index >= 15 is 0 Å². The molecule has 1 saturated carbocycles. The van der Waals surface area contributed by atoms with Gasteiger partial charge in [0.15, 0.2) is 0 Å². The van der Waals surface area contributed by atoms with Crippen molar-refractivity contribution >= 4 is 5.71 Å². The standard InChI is InChI=1S/C21H17F2N3.C5H10/c1-13-24-11-16(12-25-13)14-5-7-15(8-6-14)19-9-10-20(26-19)21-17(22)3-2-4-18(21)23;1-2-4-5-3-1/h2-8,11-12,19H,9-10H2,1H3;1-5H2. The summed E-state index contributed by atoms with van der Waals surface area (Å²) in [5.41, 5.74) is 3.51. The molecule has 3 nitrogen and oxygen atoms in total. The van der Waals surface area contributed by atoms with Crippen LogP contribution in [0.15, 0.2) is 59.9 Å². The normalized spacial score (nSPS) is 17.8. The molecule has 1 fully saturated rings. The van der Waals surface area contributed by atoms with Crippen LogP contribution in [0.1, 0.15) is 67.9 Å². The Morgan fingerprint density at radius 3 is 1.94 bits per heavy atom. The van der Waals surface area contributed by atoms with Gasteiger partial charge in [-0.05, 0) is 43.0 Å². The predicted octanol–water partition coefficient (Wildman–Crippen LogP) is 7.00. The topological polar surface area (TPSA) is 38.1 Å². The summed E-state index contributed by atoms with van der Waals surface area (Å²) < 4.78 is 27.9. The Morgan fingerprint density at radius 1 is 0.774 bits per heavy atom. The zero-order valence-electron chi connectivity index (χ0n) is 17.8. The van der Waals surface area contributed by atoms with Gasteiger partial charge in [0, 0.05) is 23.7 Å². The fourth-order valence-electron chi connectivity index (χ4n) is 4.12. The predicted molar refractivity (Wildman–Crippen MR) is 120 cm³/mol. The number of halogens is 2. The minimum absolute atomic E-state index is 0.00317. The summed E-state index contributed by atoms with van der Waals surface area (Å²) in [6.45, 7) is 1.85. The molecule has 5 rings (SSSR count). The molecule has 0 N–H and O–H groups in total. The van der Waals surface area contributed by atoms with Crippen molar-refractivity contribution < 1.29 is 8.78 Å². The lowest BCUT2D eigenvalue weighted by Gasteiger charge is -2.08. The van der Waals surface area contributed by atoms with Gasteiger partial charge in [-0.2, -0.15) is 0 Å². The van der Waals surface area contributed by atoms with E-state index in [-0.39, 0.29) is 11.6 Å². The lowest BCUT2D eigenvalue weighted by molar-refractivity contribution is 0.578. The Morgan fingerprint density at radius 2 is 1.35 bits per heavy atom. The average molecular weight is 420 g/mol. The molecule has 1 unspecified atom stereocenters. The number of hydrogen-bond acceptors (Lipinski definition) is 3. The maximum Gasteiger partial charge on any atom is 0.135 e. The van der Waals surface area contributed by atoms with Gasteiger partial charge in [0.05, 0.1) is 11.6 Å². The van der Waals surface area contributed by atoms with Crippen LogP contribution >= 0.6 is 0 Å². The smallest absolute Gasteiger partial charge is 0.135 e. The van der Waals surface area contributed by atoms with Crippen molar-refractivity contribution in [1.82, 2.24) is 9.97 Å². The molecular formula is C26H27F2N3. The van der Waals surface area contributed by atoms with E-state index in [9.17, 15) is 8.78 Å². The van der Waals surface area contributed by atoms with Crippen molar-refractivity contribution in [3.63, 3.8) is 0 Å². The van der Waals surface area contributed by atoms with Crippen LogP contribution in [0.5, 0.6) is 0 Å². The highest BCUT2D eigenvalue weighted by Gasteiger charge is 2.24. The molecule has 2 aromatic carbocycles. The Kier molecular flexibility index (Phi) is 6.80. The van der Waals surface area contributed by atoms with E-state index in [1.54, 1.807) is 12.4 Å². The summed E-state index contributed by atoms with van der Waals surface area (Å²) in [7, 11) is 0. The molecule has 0 spiro atoms. The molecule has 0 saturated heterocycles. The molecule has 0 radical (unpaired) electrons. The summed E-state index contributed by atoms with van der Waals surface area (Å²) >= 11 is 0. The summed E-state index contributed by atoms with van der Waals surface area (Å²) in [4.78, 5) is 13.0. The Bertz CT molecular complexity index is 1010. The van der Waals surface area contributed by atoms with E-state index in [0.717, 1.165) is 28.9 Å². The van der Waals surface area contributed by atoms with Gasteiger partial charge in [0.25, 0.3) is 0 Å². The van der Waals surface area contributed by atoms with E-state index in [1.807, 2.05) is 31.2 Å². The minimum atomic E-state index is -0.556. The van der Waals surface area contributed by atoms with Crippen molar-refractivity contribution in [2.75, 3.05) is 0 Å². The molecule has 2 aliphatic rings. The molecule has 1 aliphatic heterocycles. The van der Waals surface area contributed by atoms with Gasteiger partial charge in [-0.1, -0.05) is 62.4 Å². The second-order valence-corrected chi connectivity index (χ2v) is 8.14. The fraction of sp³-hybridized carbons (Fsp3) is 0.346. The highest BCUT2D eigenvalue weighted by molar-refractivity contribution is 6.02. The molecule has 160 valence electrons. The van der Waals surface area contributed by atoms with Crippen LogP contribution in [0, 0.1) is 18.6 Å². The molecule has 1 aliphatic carbocycles. The monoisotopic (exact) mass is 419 g/mol. The number of rotatable bonds is 3. The largest absolute Gasteiger partial charge is 0.281 e. The zero-order chi connectivity index (χ0) is 21.6. The molecule has 5 heteroatoms. The molecule has 2 heterocycles. The number of aliphatic imine (C=N–C) groups is 1. The first-order chi connectivity index (χ1) is 15.1. The molecule has 31 heavy (non-hydrogen) atoms. The third-order valence-electron chi connectivity index (χ3n) is 5.88. The third kappa shape index (κ3) is 5.22. The third-order valence-corrected chi connectivity index (χ3v) is 5.88. The minimum Gasteiger partial charge on any atom is -0.281 e. The maximum absolute atomic E-state index is 14.0. The van der Waals surface area contributed by atoms with Gasteiger partial charge in [0.1, 0.15) is 17.5 Å². The number of nitrogens with zero attached hydrogens (tertiary/aromatic N) is 3. The molecule has 1 aromatic heterocycles. The van der Waals surface area contributed by atoms with Crippen LogP contribution < -0.4 is 0 Å². The van der Waals surface area contributed by atoms with Gasteiger partial charge < -0.3 is 0 Å². The van der Waals surface area contributed by atoms with E-state index in [2.05, 4.69) is 15.0 Å². The summed E-state index contributed by atoms with van der Waals surface area (Å²) in [6.07, 6.45) is 12.4. The van der Waals surface area contributed by atoms with Gasteiger partial charge >= 0.3 is 0 Å². The van der Waals surface area contributed by atoms with E-state index < -0.39 is 11.6 Å². The van der Waals surface area contributed by atoms with Gasteiger partial charge in [-0.25, -0.2) is 18.7 Å². The molecule has 0 amide bonds. The van der Waals surface area contributed by atoms with E-state index in [4.69, 9.17) is 0 Å². The second kappa shape index (κ2) is 9.90. The van der Waals surface area contributed by atoms with Crippen molar-refractivity contribution in [3.8, 4) is 11.1 Å². The van der Waals surface area contributed by atoms with Gasteiger partial charge in [0.2, 0.25) is 0 Å². The van der Waals surface area contributed by atoms with Crippen molar-refractivity contribution in [3.05, 3.63) is 83.4 Å². The first-order valence-corrected chi connectivity index (χ1v) is 11.0. The summed E-state index contributed by atoms with van der Waals surface area (Å²) in [5, 5.41) is 0. The lowest BCUT2D eigenvalue weighted by atomic mass is 10.0. The van der Waals surface area contributed by atoms with E-state index in [1.165, 1.54) is 50.3 Å². The van der Waals surface area contributed by atoms with Gasteiger partial charge in [-0.3, -0.25) is 4.99 Å². The van der Waals surface area contributed by atoms with Gasteiger partial charge in [-0.15, -0.1) is 0 Å². The van der Waals surface area contributed by atoms with Crippen molar-refractivity contribution in [2.45, 2.75) is 57.9 Å². The van der Waals surface area contributed by atoms with Crippen LogP contribution in [0.4, 0.5) is 8.78 Å². The molecule has 0 bridgehead atoms. The first-order valence-electron chi connectivity index (χ1n) is 11.0. The summed E-state index contributed by atoms with van der Waals surface area (Å²) in [6, 6.07) is 11.8. The zero-order valence-corrected chi connectivity index (χ0v) is 17.8. The first kappa shape index (κ1) is 21.3. The van der Waals surface area contributed by atoms with Crippen LogP contribution in [-0.4, -0.2) is 15.7 Å². The van der Waals surface area contributed by atoms with Crippen LogP contribution in [0.25, 0.3) is 11.1 Å². The summed E-state index contributed by atoms with van der Waals surface area (Å²) in [5.74, 6) is -0.378. The lowest BCUT2D eigenvalue weighted by Crippen LogP contribution is -2.03. The Hall–Kier alpha value is -2.95.